The first-order valence-corrected chi connectivity index (χ1v) is 41.1. The van der Waals surface area contributed by atoms with Gasteiger partial charge in [0.05, 0.1) is 6.10 Å². The molecule has 91 heavy (non-hydrogen) atoms. The molecule has 0 aromatic heterocycles. The van der Waals surface area contributed by atoms with Crippen molar-refractivity contribution in [1.29, 1.82) is 0 Å². The number of fused-ring (bicyclic) bond motifs is 5. The summed E-state index contributed by atoms with van der Waals surface area (Å²) in [5.74, 6) is 10.4. The van der Waals surface area contributed by atoms with Gasteiger partial charge in [0.15, 0.2) is 0 Å². The van der Waals surface area contributed by atoms with Crippen LogP contribution in [0.5, 0.6) is 0 Å². The van der Waals surface area contributed by atoms with Crippen LogP contribution in [0.25, 0.3) is 0 Å². The Morgan fingerprint density at radius 1 is 0.560 bits per heavy atom. The lowest BCUT2D eigenvalue weighted by Crippen LogP contribution is -2.50. The third kappa shape index (κ3) is 17.5. The molecule has 9 aliphatic rings. The molecule has 0 amide bonds. The molecule has 0 bridgehead atoms. The van der Waals surface area contributed by atoms with E-state index in [1.165, 1.54) is 160 Å². The van der Waals surface area contributed by atoms with Gasteiger partial charge in [0.1, 0.15) is 0 Å². The molecule has 0 aromatic rings. The maximum absolute atomic E-state index is 10.2. The van der Waals surface area contributed by atoms with Gasteiger partial charge in [0.2, 0.25) is 0 Å². The Morgan fingerprint density at radius 3 is 1.43 bits per heavy atom. The first kappa shape index (κ1) is 83.1. The fraction of sp³-hybridized carbons (Fsp3) is 0.933. The van der Waals surface area contributed by atoms with Crippen LogP contribution in [0, 0.1) is 136 Å². The monoisotopic (exact) mass is 1330 g/mol. The van der Waals surface area contributed by atoms with E-state index in [0.29, 0.717) is 70.9 Å². The highest BCUT2D eigenvalue weighted by Crippen LogP contribution is 2.68. The molecule has 0 radical (unpaired) electrons. The van der Waals surface area contributed by atoms with Gasteiger partial charge in [-0.25, -0.2) is 0 Å². The Bertz CT molecular complexity index is 2230. The van der Waals surface area contributed by atoms with Gasteiger partial charge in [0.25, 0.3) is 0 Å². The van der Waals surface area contributed by atoms with E-state index < -0.39 is 0 Å². The highest BCUT2D eigenvalue weighted by atomic mass is 79.9. The van der Waals surface area contributed by atoms with Gasteiger partial charge < -0.3 is 5.11 Å². The number of aliphatic hydroxyl groups excluding tert-OH is 1. The molecule has 534 valence electrons. The molecule has 0 aromatic carbocycles. The number of allylic oxidation sites excluding steroid dienone is 4. The predicted octanol–water partition coefficient (Wildman–Crippen LogP) is 29.2. The standard InChI is InChI=1S/C27H42O.C18H35Br.C12H24.2C11H22.C10H20/c1-18(2)7-6-8-19(3)23-11-12-24-22-10-9-20-17-21(28)13-15-26(20,4)25(22)14-16-27(23,24)5;1-14(2)8-7-9-16(4)18(12-13-19)11-10-15(3)17(18,5)6;1-6-8-12(5)9-7-10(2)11(12,3)4;2*1-6-11(5)8-7-9(2)10(11,3)4;1-8-6-7-9(2,3)10(8,4)5/h6,8-9,19,21-25,28H,1,7,10-17H2,2-5H3;14-16H,7-13H2,1-6H3;10H,6-9H2,1-5H3;2*9H,6-8H2,1-5H3;8H,6-7H2,1-5H3/b8-6+;;;;;/t19-,21+,22+,23-,24+,25+,26+,27-;15?,16-,18?;10?,12-;2*9?,11-;/m11110./s1. The van der Waals surface area contributed by atoms with Crippen LogP contribution in [0.3, 0.4) is 0 Å². The smallest absolute Gasteiger partial charge is 0.0577 e. The Kier molecular flexibility index (Phi) is 29.5. The van der Waals surface area contributed by atoms with E-state index >= 15 is 0 Å². The summed E-state index contributed by atoms with van der Waals surface area (Å²) in [5.41, 5.74) is 9.41. The van der Waals surface area contributed by atoms with Gasteiger partial charge in [0, 0.05) is 5.33 Å². The number of rotatable bonds is 15. The zero-order valence-electron chi connectivity index (χ0n) is 67.6. The van der Waals surface area contributed by atoms with E-state index in [4.69, 9.17) is 0 Å². The molecule has 18 atom stereocenters. The zero-order chi connectivity index (χ0) is 69.6. The molecular formula is C89H165BrO. The summed E-state index contributed by atoms with van der Waals surface area (Å²) in [6.45, 7) is 76.8. The zero-order valence-corrected chi connectivity index (χ0v) is 69.2. The maximum atomic E-state index is 10.2. The molecule has 1 nitrogen and oxygen atoms in total. The minimum Gasteiger partial charge on any atom is -0.393 e. The number of halogens is 1. The van der Waals surface area contributed by atoms with Crippen LogP contribution in [-0.2, 0) is 0 Å². The lowest BCUT2D eigenvalue weighted by Gasteiger charge is -2.58. The first-order chi connectivity index (χ1) is 41.7. The van der Waals surface area contributed by atoms with Crippen molar-refractivity contribution in [3.8, 4) is 0 Å². The highest BCUT2D eigenvalue weighted by molar-refractivity contribution is 9.09. The molecule has 8 fully saturated rings. The summed E-state index contributed by atoms with van der Waals surface area (Å²) in [6.07, 6.45) is 43.7. The van der Waals surface area contributed by atoms with E-state index in [0.717, 1.165) is 89.7 Å². The Balaban J connectivity index is 0.000000246. The third-order valence-corrected chi connectivity index (χ3v) is 34.8. The quantitative estimate of drug-likeness (QED) is 0.128. The van der Waals surface area contributed by atoms with Crippen molar-refractivity contribution < 1.29 is 5.11 Å². The second-order valence-corrected chi connectivity index (χ2v) is 40.8. The van der Waals surface area contributed by atoms with Gasteiger partial charge in [-0.15, -0.1) is 0 Å². The molecule has 0 spiro atoms. The number of hydrogen-bond donors (Lipinski definition) is 1. The summed E-state index contributed by atoms with van der Waals surface area (Å²) in [6, 6.07) is 0. The summed E-state index contributed by atoms with van der Waals surface area (Å²) in [7, 11) is 0. The van der Waals surface area contributed by atoms with Crippen molar-refractivity contribution in [2.24, 2.45) is 136 Å². The van der Waals surface area contributed by atoms with Crippen LogP contribution >= 0.6 is 15.9 Å². The van der Waals surface area contributed by atoms with Crippen LogP contribution < -0.4 is 0 Å². The van der Waals surface area contributed by atoms with Crippen molar-refractivity contribution in [3.05, 3.63) is 36.0 Å². The number of aliphatic hydroxyl groups is 1. The predicted molar refractivity (Wildman–Crippen MR) is 412 cm³/mol. The van der Waals surface area contributed by atoms with E-state index in [1.54, 1.807) is 5.57 Å². The summed E-state index contributed by atoms with van der Waals surface area (Å²) >= 11 is 3.73. The topological polar surface area (TPSA) is 20.2 Å². The van der Waals surface area contributed by atoms with Crippen LogP contribution in [0.1, 0.15) is 381 Å². The summed E-state index contributed by atoms with van der Waals surface area (Å²) < 4.78 is 0. The fourth-order valence-electron chi connectivity index (χ4n) is 22.3. The van der Waals surface area contributed by atoms with Gasteiger partial charge >= 0.3 is 0 Å². The molecule has 6 unspecified atom stereocenters. The Morgan fingerprint density at radius 2 is 1.04 bits per heavy atom. The largest absolute Gasteiger partial charge is 0.393 e. The summed E-state index contributed by atoms with van der Waals surface area (Å²) in [5, 5.41) is 11.4. The van der Waals surface area contributed by atoms with Gasteiger partial charge in [-0.2, -0.15) is 0 Å². The fourth-order valence-corrected chi connectivity index (χ4v) is 23.0. The third-order valence-electron chi connectivity index (χ3n) is 34.4. The molecule has 1 N–H and O–H groups in total. The van der Waals surface area contributed by atoms with Crippen LogP contribution in [0.2, 0.25) is 0 Å². The average molecular weight is 1330 g/mol. The van der Waals surface area contributed by atoms with Gasteiger partial charge in [-0.1, -0.05) is 291 Å². The lowest BCUT2D eigenvalue weighted by molar-refractivity contribution is -0.0540. The van der Waals surface area contributed by atoms with Gasteiger partial charge in [-0.3, -0.25) is 0 Å². The van der Waals surface area contributed by atoms with E-state index in [-0.39, 0.29) is 6.10 Å². The van der Waals surface area contributed by atoms with Crippen molar-refractivity contribution in [3.63, 3.8) is 0 Å². The van der Waals surface area contributed by atoms with Crippen molar-refractivity contribution in [2.45, 2.75) is 387 Å². The van der Waals surface area contributed by atoms with Crippen molar-refractivity contribution in [2.75, 3.05) is 5.33 Å². The number of hydrogen-bond acceptors (Lipinski definition) is 1. The van der Waals surface area contributed by atoms with E-state index in [2.05, 4.69) is 248 Å². The second-order valence-electron chi connectivity index (χ2n) is 40.0. The van der Waals surface area contributed by atoms with Crippen molar-refractivity contribution >= 4 is 15.9 Å². The molecule has 8 saturated carbocycles. The van der Waals surface area contributed by atoms with E-state index in [1.807, 2.05) is 0 Å². The molecule has 9 rings (SSSR count). The normalized spacial score (nSPS) is 40.6. The van der Waals surface area contributed by atoms with E-state index in [9.17, 15) is 5.11 Å². The molecule has 9 aliphatic carbocycles. The molecule has 2 heteroatoms. The minimum absolute atomic E-state index is 0.0903. The lowest BCUT2D eigenvalue weighted by atomic mass is 9.47. The SMILES string of the molecule is C=C(C)C/C=C/[C@@H](C)[C@H]1CC[C@H]2[C@@H]3CC=C4C[C@@H](O)CC[C@]4(C)[C@H]3CC[C@]12C.CC(C)CCC[C@@H](C)C1(CCBr)CCC(C)C1(C)C.CC1CCC(C)(C)C1(C)C.CCC[C@]1(C)CCC(C)C1(C)C.CC[C@@]1(C)CCC(C)C1(C)C.CC[C@]1(C)CCC(C)C1(C)C. The van der Waals surface area contributed by atoms with Crippen LogP contribution in [-0.4, -0.2) is 16.5 Å². The highest BCUT2D eigenvalue weighted by Gasteiger charge is 2.60. The Labute approximate surface area is 581 Å². The molecular weight excluding hydrogens is 1160 g/mol. The Hall–Kier alpha value is -0.340. The molecule has 0 heterocycles. The molecule has 0 saturated heterocycles. The van der Waals surface area contributed by atoms with Gasteiger partial charge in [-0.05, 0) is 278 Å². The minimum atomic E-state index is -0.0903. The van der Waals surface area contributed by atoms with Crippen molar-refractivity contribution in [1.82, 2.24) is 0 Å². The number of alkyl halides is 1. The summed E-state index contributed by atoms with van der Waals surface area (Å²) in [4.78, 5) is 0. The first-order valence-electron chi connectivity index (χ1n) is 40.0. The second kappa shape index (κ2) is 32.3. The molecule has 0 aliphatic heterocycles. The average Bonchev–Trinajstić information content (AvgIpc) is 1.72. The van der Waals surface area contributed by atoms with Crippen LogP contribution in [0.4, 0.5) is 0 Å². The maximum Gasteiger partial charge on any atom is 0.0577 e. The van der Waals surface area contributed by atoms with Crippen LogP contribution in [0.15, 0.2) is 36.0 Å².